The molecule has 0 amide bonds. The second-order valence-electron chi connectivity index (χ2n) is 0.231. The molecule has 0 aliphatic rings. The van der Waals surface area contributed by atoms with Crippen molar-refractivity contribution >= 4 is 33.0 Å². The Labute approximate surface area is 79.3 Å². The fourth-order valence-electron chi connectivity index (χ4n) is 0. The fourth-order valence-corrected chi connectivity index (χ4v) is 0. The SMILES string of the molecule is [Al][N]=[N][Al].[Zn].[Zn]. The summed E-state index contributed by atoms with van der Waals surface area (Å²) in [6, 6.07) is 0. The standard InChI is InChI=1S/2Al.N2.2Zn/c;;1-2;;/q2*+1;-2;;. The second-order valence-corrected chi connectivity index (χ2v) is 0.693. The van der Waals surface area contributed by atoms with Crippen LogP contribution in [0.15, 0.2) is 8.20 Å². The Bertz CT molecular complexity index is 24.7. The molecule has 0 aliphatic heterocycles. The zero-order valence-electron chi connectivity index (χ0n) is 3.46. The van der Waals surface area contributed by atoms with Crippen molar-refractivity contribution in [2.45, 2.75) is 0 Å². The van der Waals surface area contributed by atoms with Gasteiger partial charge in [-0.05, 0) is 0 Å². The van der Waals surface area contributed by atoms with Gasteiger partial charge in [0.25, 0.3) is 0 Å². The van der Waals surface area contributed by atoms with Gasteiger partial charge in [-0.2, -0.15) is 0 Å². The first-order valence-electron chi connectivity index (χ1n) is 0.716. The molecule has 6 heteroatoms. The summed E-state index contributed by atoms with van der Waals surface area (Å²) in [5.74, 6) is 0. The molecule has 0 N–H and O–H groups in total. The molecule has 4 radical (unpaired) electrons. The molecule has 0 aliphatic carbocycles. The normalized spacial score (nSPS) is 6.00. The Morgan fingerprint density at radius 2 is 1.00 bits per heavy atom. The number of nitrogens with zero attached hydrogens (tertiary/aromatic N) is 2. The maximum Gasteiger partial charge on any atom is 0.380 e. The van der Waals surface area contributed by atoms with E-state index < -0.39 is 0 Å². The van der Waals surface area contributed by atoms with Gasteiger partial charge in [0, 0.05) is 39.0 Å². The van der Waals surface area contributed by atoms with Gasteiger partial charge in [-0.1, -0.05) is 0 Å². The predicted octanol–water partition coefficient (Wildman–Crippen LogP) is -0.399. The first-order valence-corrected chi connectivity index (χ1v) is 1.75. The summed E-state index contributed by atoms with van der Waals surface area (Å²) in [6.45, 7) is 0. The molecular weight excluding hydrogens is 213 g/mol. The van der Waals surface area contributed by atoms with E-state index in [9.17, 15) is 0 Å². The van der Waals surface area contributed by atoms with E-state index in [4.69, 9.17) is 0 Å². The average Bonchev–Trinajstić information content (AvgIpc) is 1.37. The molecule has 0 saturated heterocycles. The molecule has 0 aromatic heterocycles. The van der Waals surface area contributed by atoms with Crippen LogP contribution in [-0.2, 0) is 39.0 Å². The molecular formula is Al2N2Zn2. The van der Waals surface area contributed by atoms with Crippen LogP contribution in [0.4, 0.5) is 0 Å². The van der Waals surface area contributed by atoms with Gasteiger partial charge in [0.1, 0.15) is 0 Å². The molecule has 0 heterocycles. The van der Waals surface area contributed by atoms with E-state index in [0.717, 1.165) is 0 Å². The van der Waals surface area contributed by atoms with E-state index in [0.29, 0.717) is 0 Å². The van der Waals surface area contributed by atoms with Crippen LogP contribution < -0.4 is 0 Å². The fraction of sp³-hybridized carbons (Fsp3) is 0. The molecule has 0 unspecified atom stereocenters. The molecule has 0 aromatic rings. The van der Waals surface area contributed by atoms with Crippen molar-refractivity contribution in [2.75, 3.05) is 0 Å². The van der Waals surface area contributed by atoms with Crippen molar-refractivity contribution in [1.82, 2.24) is 0 Å². The van der Waals surface area contributed by atoms with Crippen molar-refractivity contribution in [3.63, 3.8) is 0 Å². The Morgan fingerprint density at radius 1 is 0.833 bits per heavy atom. The third-order valence-electron chi connectivity index (χ3n) is 0.0667. The summed E-state index contributed by atoms with van der Waals surface area (Å²) in [4.78, 5) is 0. The maximum absolute atomic E-state index is 3.24. The van der Waals surface area contributed by atoms with Gasteiger partial charge in [0.05, 0.1) is 0 Å². The Hall–Kier alpha value is 1.91. The molecule has 6 heavy (non-hydrogen) atoms. The van der Waals surface area contributed by atoms with Crippen LogP contribution in [0.5, 0.6) is 0 Å². The van der Waals surface area contributed by atoms with Crippen molar-refractivity contribution in [2.24, 2.45) is 8.20 Å². The van der Waals surface area contributed by atoms with Gasteiger partial charge in [0.2, 0.25) is 0 Å². The summed E-state index contributed by atoms with van der Waals surface area (Å²) in [6.07, 6.45) is 0. The largest absolute Gasteiger partial charge is 0.380 e. The quantitative estimate of drug-likeness (QED) is 0.386. The average molecular weight is 213 g/mol. The van der Waals surface area contributed by atoms with Gasteiger partial charge < -0.3 is 8.20 Å². The van der Waals surface area contributed by atoms with Crippen LogP contribution in [0.1, 0.15) is 0 Å². The van der Waals surface area contributed by atoms with Crippen LogP contribution in [0.25, 0.3) is 0 Å². The first-order chi connectivity index (χ1) is 1.91. The van der Waals surface area contributed by atoms with Gasteiger partial charge in [0.15, 0.2) is 0 Å². The summed E-state index contributed by atoms with van der Waals surface area (Å²) < 4.78 is 6.48. The summed E-state index contributed by atoms with van der Waals surface area (Å²) in [7, 11) is 0. The zero-order chi connectivity index (χ0) is 3.41. The summed E-state index contributed by atoms with van der Waals surface area (Å²) in [5, 5.41) is 0. The number of hydrogen-bond acceptors (Lipinski definition) is 2. The molecule has 0 aromatic carbocycles. The minimum atomic E-state index is 0. The smallest absolute Gasteiger partial charge is 0.380 e. The summed E-state index contributed by atoms with van der Waals surface area (Å²) >= 11 is 4.19. The molecule has 0 rings (SSSR count). The maximum atomic E-state index is 3.24. The van der Waals surface area contributed by atoms with E-state index in [-0.39, 0.29) is 39.0 Å². The van der Waals surface area contributed by atoms with E-state index in [1.165, 1.54) is 0 Å². The van der Waals surface area contributed by atoms with Gasteiger partial charge in [-0.15, -0.1) is 0 Å². The van der Waals surface area contributed by atoms with Gasteiger partial charge in [-0.25, -0.2) is 0 Å². The zero-order valence-corrected chi connectivity index (χ0v) is 11.7. The molecule has 0 spiro atoms. The Balaban J connectivity index is -0.0000000450. The van der Waals surface area contributed by atoms with Crippen molar-refractivity contribution < 1.29 is 39.0 Å². The first kappa shape index (κ1) is 15.7. The van der Waals surface area contributed by atoms with E-state index in [2.05, 4.69) is 41.2 Å². The molecule has 0 saturated carbocycles. The minimum absolute atomic E-state index is 0. The molecule has 0 fully saturated rings. The van der Waals surface area contributed by atoms with Crippen LogP contribution in [0, 0.1) is 0 Å². The van der Waals surface area contributed by atoms with Crippen molar-refractivity contribution in [1.29, 1.82) is 0 Å². The number of rotatable bonds is 0. The van der Waals surface area contributed by atoms with Crippen molar-refractivity contribution in [3.8, 4) is 0 Å². The minimum Gasteiger partial charge on any atom is -0.380 e. The molecule has 0 bridgehead atoms. The molecule has 20 valence electrons. The monoisotopic (exact) mass is 210 g/mol. The third-order valence-corrected chi connectivity index (χ3v) is 0.600. The Kier molecular flexibility index (Phi) is 41.2. The van der Waals surface area contributed by atoms with Gasteiger partial charge >= 0.3 is 33.0 Å². The van der Waals surface area contributed by atoms with E-state index in [1.807, 2.05) is 0 Å². The van der Waals surface area contributed by atoms with Crippen molar-refractivity contribution in [3.05, 3.63) is 0 Å². The second kappa shape index (κ2) is 15.8. The van der Waals surface area contributed by atoms with Crippen LogP contribution in [-0.4, -0.2) is 33.0 Å². The van der Waals surface area contributed by atoms with Crippen LogP contribution in [0.2, 0.25) is 0 Å². The van der Waals surface area contributed by atoms with Gasteiger partial charge in [-0.3, -0.25) is 0 Å². The predicted molar refractivity (Wildman–Crippen MR) is 16.4 cm³/mol. The topological polar surface area (TPSA) is 24.7 Å². The number of hydrogen-bond donors (Lipinski definition) is 0. The summed E-state index contributed by atoms with van der Waals surface area (Å²) in [5.41, 5.74) is 0. The Morgan fingerprint density at radius 3 is 1.00 bits per heavy atom. The van der Waals surface area contributed by atoms with E-state index in [1.54, 1.807) is 0 Å². The van der Waals surface area contributed by atoms with Crippen LogP contribution in [0.3, 0.4) is 0 Å². The third kappa shape index (κ3) is 16.8. The van der Waals surface area contributed by atoms with Crippen LogP contribution >= 0.6 is 0 Å². The van der Waals surface area contributed by atoms with E-state index >= 15 is 0 Å². The molecule has 2 nitrogen and oxygen atoms in total. The molecule has 0 atom stereocenters.